The molecule has 0 saturated heterocycles. The molecule has 0 spiro atoms. The molecule has 4 aromatic rings. The van der Waals surface area contributed by atoms with Gasteiger partial charge in [0, 0.05) is 16.7 Å². The van der Waals surface area contributed by atoms with Crippen LogP contribution in [0, 0.1) is 5.92 Å². The van der Waals surface area contributed by atoms with Gasteiger partial charge in [-0.05, 0) is 11.5 Å². The van der Waals surface area contributed by atoms with E-state index in [9.17, 15) is 9.59 Å². The van der Waals surface area contributed by atoms with Gasteiger partial charge in [0.15, 0.2) is 11.6 Å². The Morgan fingerprint density at radius 3 is 1.38 bits per heavy atom. The number of hydrogen-bond donors (Lipinski definition) is 0. The van der Waals surface area contributed by atoms with E-state index in [-0.39, 0.29) is 11.6 Å². The summed E-state index contributed by atoms with van der Waals surface area (Å²) in [4.78, 5) is 24.5. The third kappa shape index (κ3) is 7.36. The summed E-state index contributed by atoms with van der Waals surface area (Å²) in [5.74, 6) is 0.480. The van der Waals surface area contributed by atoms with E-state index in [2.05, 4.69) is 13.8 Å². The summed E-state index contributed by atoms with van der Waals surface area (Å²) in [5, 5.41) is 0. The molecule has 4 aromatic carbocycles. The fraction of sp³-hybridized carbons (Fsp3) is 0.161. The van der Waals surface area contributed by atoms with Crippen LogP contribution in [0.1, 0.15) is 51.8 Å². The molecular formula is C31H30O3. The molecular weight excluding hydrogens is 420 g/mol. The molecule has 34 heavy (non-hydrogen) atoms. The zero-order valence-corrected chi connectivity index (χ0v) is 19.6. The van der Waals surface area contributed by atoms with Gasteiger partial charge in [-0.2, -0.15) is 0 Å². The smallest absolute Gasteiger partial charge is 0.196 e. The zero-order valence-electron chi connectivity index (χ0n) is 19.6. The third-order valence-corrected chi connectivity index (χ3v) is 5.07. The highest BCUT2D eigenvalue weighted by atomic mass is 16.5. The van der Waals surface area contributed by atoms with Crippen molar-refractivity contribution in [3.8, 4) is 0 Å². The number of Topliss-reactive ketones (excluding diaryl/α,β-unsaturated/α-hetero) is 1. The molecule has 1 atom stereocenters. The highest BCUT2D eigenvalue weighted by Crippen LogP contribution is 2.23. The van der Waals surface area contributed by atoms with Crippen molar-refractivity contribution in [2.24, 2.45) is 5.92 Å². The second-order valence-corrected chi connectivity index (χ2v) is 8.31. The highest BCUT2D eigenvalue weighted by Gasteiger charge is 2.22. The molecule has 3 heteroatoms. The Hall–Kier alpha value is -3.82. The average Bonchev–Trinajstić information content (AvgIpc) is 2.90. The maximum absolute atomic E-state index is 12.6. The van der Waals surface area contributed by atoms with Crippen LogP contribution in [0.4, 0.5) is 0 Å². The van der Waals surface area contributed by atoms with Gasteiger partial charge >= 0.3 is 0 Å². The van der Waals surface area contributed by atoms with E-state index in [0.717, 1.165) is 16.7 Å². The lowest BCUT2D eigenvalue weighted by Gasteiger charge is -2.18. The first-order valence-electron chi connectivity index (χ1n) is 11.5. The summed E-state index contributed by atoms with van der Waals surface area (Å²) >= 11 is 0. The lowest BCUT2D eigenvalue weighted by atomic mass is 10.00. The van der Waals surface area contributed by atoms with Crippen LogP contribution >= 0.6 is 0 Å². The summed E-state index contributed by atoms with van der Waals surface area (Å²) in [7, 11) is 0. The van der Waals surface area contributed by atoms with Gasteiger partial charge < -0.3 is 4.74 Å². The van der Waals surface area contributed by atoms with Crippen molar-refractivity contribution in [1.82, 2.24) is 0 Å². The maximum atomic E-state index is 12.6. The molecule has 1 unspecified atom stereocenters. The van der Waals surface area contributed by atoms with Crippen LogP contribution in [0.2, 0.25) is 0 Å². The minimum Gasteiger partial charge on any atom is -0.365 e. The summed E-state index contributed by atoms with van der Waals surface area (Å²) in [6.45, 7) is 4.72. The Bertz CT molecular complexity index is 1100. The molecule has 0 aliphatic carbocycles. The number of benzene rings is 4. The van der Waals surface area contributed by atoms with Crippen LogP contribution in [0.25, 0.3) is 0 Å². The van der Waals surface area contributed by atoms with Gasteiger partial charge in [0.25, 0.3) is 0 Å². The van der Waals surface area contributed by atoms with Crippen LogP contribution in [-0.4, -0.2) is 18.2 Å². The minimum absolute atomic E-state index is 0.0115. The molecule has 4 rings (SSSR count). The molecule has 0 saturated carbocycles. The standard InChI is InChI=1S/C18H20O2.C13H10O/c1-14(2)13-20-18(16-11-7-4-8-12-16)17(19)15-9-5-3-6-10-15;14-13(11-7-3-1-4-8-11)12-9-5-2-6-10-12/h3-12,14,18H,13H2,1-2H3;1-10H. The Labute approximate surface area is 202 Å². The van der Waals surface area contributed by atoms with E-state index >= 15 is 0 Å². The number of carbonyl (C=O) groups is 2. The molecule has 0 N–H and O–H groups in total. The molecule has 0 heterocycles. The second kappa shape index (κ2) is 13.0. The summed E-state index contributed by atoms with van der Waals surface area (Å²) in [5.41, 5.74) is 3.06. The van der Waals surface area contributed by atoms with Crippen molar-refractivity contribution in [1.29, 1.82) is 0 Å². The van der Waals surface area contributed by atoms with Gasteiger partial charge in [-0.25, -0.2) is 0 Å². The number of ether oxygens (including phenoxy) is 1. The molecule has 0 aliphatic rings. The number of rotatable bonds is 8. The normalized spacial score (nSPS) is 11.3. The topological polar surface area (TPSA) is 43.4 Å². The minimum atomic E-state index is -0.527. The molecule has 3 nitrogen and oxygen atoms in total. The summed E-state index contributed by atoms with van der Waals surface area (Å²) < 4.78 is 5.86. The van der Waals surface area contributed by atoms with E-state index in [1.54, 1.807) is 0 Å². The lowest BCUT2D eigenvalue weighted by molar-refractivity contribution is 0.0308. The van der Waals surface area contributed by atoms with E-state index in [1.807, 2.05) is 121 Å². The van der Waals surface area contributed by atoms with Crippen molar-refractivity contribution in [2.75, 3.05) is 6.61 Å². The highest BCUT2D eigenvalue weighted by molar-refractivity contribution is 6.08. The van der Waals surface area contributed by atoms with E-state index in [1.165, 1.54) is 0 Å². The van der Waals surface area contributed by atoms with Crippen molar-refractivity contribution in [2.45, 2.75) is 20.0 Å². The molecule has 0 amide bonds. The molecule has 0 bridgehead atoms. The molecule has 0 aromatic heterocycles. The summed E-state index contributed by atoms with van der Waals surface area (Å²) in [6.07, 6.45) is -0.527. The average molecular weight is 451 g/mol. The van der Waals surface area contributed by atoms with Crippen LogP contribution in [-0.2, 0) is 4.74 Å². The maximum Gasteiger partial charge on any atom is 0.196 e. The second-order valence-electron chi connectivity index (χ2n) is 8.31. The summed E-state index contributed by atoms with van der Waals surface area (Å²) in [6, 6.07) is 37.6. The van der Waals surface area contributed by atoms with Crippen LogP contribution in [0.3, 0.4) is 0 Å². The first-order valence-corrected chi connectivity index (χ1v) is 11.5. The van der Waals surface area contributed by atoms with Crippen LogP contribution < -0.4 is 0 Å². The molecule has 0 fully saturated rings. The van der Waals surface area contributed by atoms with E-state index in [0.29, 0.717) is 18.1 Å². The fourth-order valence-electron chi connectivity index (χ4n) is 3.34. The van der Waals surface area contributed by atoms with Crippen molar-refractivity contribution < 1.29 is 14.3 Å². The van der Waals surface area contributed by atoms with Crippen LogP contribution in [0.5, 0.6) is 0 Å². The molecule has 172 valence electrons. The zero-order chi connectivity index (χ0) is 24.2. The Morgan fingerprint density at radius 1 is 0.588 bits per heavy atom. The first kappa shape index (κ1) is 24.8. The van der Waals surface area contributed by atoms with Crippen LogP contribution in [0.15, 0.2) is 121 Å². The first-order chi connectivity index (χ1) is 16.6. The number of hydrogen-bond acceptors (Lipinski definition) is 3. The number of carbonyl (C=O) groups excluding carboxylic acids is 2. The lowest BCUT2D eigenvalue weighted by Crippen LogP contribution is -2.18. The van der Waals surface area contributed by atoms with Crippen molar-refractivity contribution >= 4 is 11.6 Å². The van der Waals surface area contributed by atoms with E-state index < -0.39 is 6.10 Å². The predicted molar refractivity (Wildman–Crippen MR) is 137 cm³/mol. The van der Waals surface area contributed by atoms with Gasteiger partial charge in [0.2, 0.25) is 0 Å². The monoisotopic (exact) mass is 450 g/mol. The largest absolute Gasteiger partial charge is 0.365 e. The third-order valence-electron chi connectivity index (χ3n) is 5.07. The fourth-order valence-corrected chi connectivity index (χ4v) is 3.34. The van der Waals surface area contributed by atoms with Gasteiger partial charge in [-0.1, -0.05) is 135 Å². The van der Waals surface area contributed by atoms with Gasteiger partial charge in [0.1, 0.15) is 6.10 Å². The SMILES string of the molecule is CC(C)COC(C(=O)c1ccccc1)c1ccccc1.O=C(c1ccccc1)c1ccccc1. The Morgan fingerprint density at radius 2 is 0.971 bits per heavy atom. The Kier molecular flexibility index (Phi) is 9.51. The molecule has 0 radical (unpaired) electrons. The van der Waals surface area contributed by atoms with Crippen molar-refractivity contribution in [3.63, 3.8) is 0 Å². The van der Waals surface area contributed by atoms with E-state index in [4.69, 9.17) is 4.74 Å². The van der Waals surface area contributed by atoms with Gasteiger partial charge in [0.05, 0.1) is 6.61 Å². The number of ketones is 2. The van der Waals surface area contributed by atoms with Crippen molar-refractivity contribution in [3.05, 3.63) is 144 Å². The predicted octanol–water partition coefficient (Wildman–Crippen LogP) is 7.20. The quantitative estimate of drug-likeness (QED) is 0.267. The Balaban J connectivity index is 0.000000202. The van der Waals surface area contributed by atoms with Gasteiger partial charge in [-0.3, -0.25) is 9.59 Å². The molecule has 0 aliphatic heterocycles. The van der Waals surface area contributed by atoms with Gasteiger partial charge in [-0.15, -0.1) is 0 Å².